The predicted octanol–water partition coefficient (Wildman–Crippen LogP) is 4.25. The summed E-state index contributed by atoms with van der Waals surface area (Å²) in [7, 11) is 0. The molecule has 1 N–H and O–H groups in total. The SMILES string of the molecule is Cc1cscc1CNCc1cc(Br)ccc1F. The lowest BCUT2D eigenvalue weighted by molar-refractivity contribution is 0.587. The smallest absolute Gasteiger partial charge is 0.127 e. The summed E-state index contributed by atoms with van der Waals surface area (Å²) in [5, 5.41) is 7.51. The van der Waals surface area contributed by atoms with Crippen molar-refractivity contribution in [2.24, 2.45) is 0 Å². The molecule has 0 aliphatic carbocycles. The monoisotopic (exact) mass is 313 g/mol. The molecule has 2 rings (SSSR count). The number of thiophene rings is 1. The highest BCUT2D eigenvalue weighted by atomic mass is 79.9. The number of halogens is 2. The zero-order chi connectivity index (χ0) is 12.3. The van der Waals surface area contributed by atoms with Crippen molar-refractivity contribution in [2.45, 2.75) is 20.0 Å². The van der Waals surface area contributed by atoms with Gasteiger partial charge in [-0.3, -0.25) is 0 Å². The first-order valence-electron chi connectivity index (χ1n) is 5.33. The Labute approximate surface area is 113 Å². The van der Waals surface area contributed by atoms with Crippen LogP contribution in [0.15, 0.2) is 33.4 Å². The molecule has 0 atom stereocenters. The van der Waals surface area contributed by atoms with Gasteiger partial charge >= 0.3 is 0 Å². The van der Waals surface area contributed by atoms with E-state index in [0.717, 1.165) is 11.0 Å². The van der Waals surface area contributed by atoms with Crippen LogP contribution in [0.2, 0.25) is 0 Å². The minimum Gasteiger partial charge on any atom is -0.308 e. The lowest BCUT2D eigenvalue weighted by atomic mass is 10.2. The first-order chi connectivity index (χ1) is 8.16. The quantitative estimate of drug-likeness (QED) is 0.890. The molecule has 2 aromatic rings. The summed E-state index contributed by atoms with van der Waals surface area (Å²) in [4.78, 5) is 0. The van der Waals surface area contributed by atoms with E-state index < -0.39 is 0 Å². The van der Waals surface area contributed by atoms with E-state index in [1.54, 1.807) is 17.4 Å². The predicted molar refractivity (Wildman–Crippen MR) is 73.7 cm³/mol. The number of aryl methyl sites for hydroxylation is 1. The van der Waals surface area contributed by atoms with Crippen molar-refractivity contribution >= 4 is 27.3 Å². The second kappa shape index (κ2) is 5.76. The highest BCUT2D eigenvalue weighted by Gasteiger charge is 2.03. The third kappa shape index (κ3) is 3.37. The molecule has 0 fully saturated rings. The molecule has 1 aromatic heterocycles. The van der Waals surface area contributed by atoms with E-state index in [0.29, 0.717) is 12.1 Å². The summed E-state index contributed by atoms with van der Waals surface area (Å²) in [6, 6.07) is 5.00. The Bertz CT molecular complexity index is 510. The van der Waals surface area contributed by atoms with Gasteiger partial charge in [0, 0.05) is 23.1 Å². The van der Waals surface area contributed by atoms with Crippen LogP contribution in [0.3, 0.4) is 0 Å². The third-order valence-electron chi connectivity index (χ3n) is 2.60. The molecule has 90 valence electrons. The summed E-state index contributed by atoms with van der Waals surface area (Å²) in [5.74, 6) is -0.164. The lowest BCUT2D eigenvalue weighted by Crippen LogP contribution is -2.13. The van der Waals surface area contributed by atoms with E-state index in [-0.39, 0.29) is 5.82 Å². The summed E-state index contributed by atoms with van der Waals surface area (Å²) in [6.45, 7) is 3.41. The maximum atomic E-state index is 13.5. The Balaban J connectivity index is 1.94. The second-order valence-electron chi connectivity index (χ2n) is 3.92. The maximum absolute atomic E-state index is 13.5. The molecule has 0 radical (unpaired) electrons. The molecule has 0 amide bonds. The second-order valence-corrected chi connectivity index (χ2v) is 5.58. The lowest BCUT2D eigenvalue weighted by Gasteiger charge is -2.06. The van der Waals surface area contributed by atoms with Crippen molar-refractivity contribution in [3.05, 3.63) is 55.9 Å². The molecule has 17 heavy (non-hydrogen) atoms. The van der Waals surface area contributed by atoms with E-state index in [1.807, 2.05) is 6.07 Å². The minimum atomic E-state index is -0.164. The Morgan fingerprint density at radius 1 is 1.24 bits per heavy atom. The van der Waals surface area contributed by atoms with Crippen molar-refractivity contribution < 1.29 is 4.39 Å². The van der Waals surface area contributed by atoms with E-state index in [1.165, 1.54) is 17.2 Å². The van der Waals surface area contributed by atoms with Crippen molar-refractivity contribution in [1.82, 2.24) is 5.32 Å². The highest BCUT2D eigenvalue weighted by molar-refractivity contribution is 9.10. The van der Waals surface area contributed by atoms with Gasteiger partial charge in [-0.25, -0.2) is 4.39 Å². The van der Waals surface area contributed by atoms with Gasteiger partial charge in [0.15, 0.2) is 0 Å². The Morgan fingerprint density at radius 2 is 2.00 bits per heavy atom. The highest BCUT2D eigenvalue weighted by Crippen LogP contribution is 2.16. The van der Waals surface area contributed by atoms with Gasteiger partial charge in [0.25, 0.3) is 0 Å². The van der Waals surface area contributed by atoms with E-state index in [4.69, 9.17) is 0 Å². The van der Waals surface area contributed by atoms with Gasteiger partial charge in [-0.2, -0.15) is 11.3 Å². The molecule has 0 spiro atoms. The molecular weight excluding hydrogens is 301 g/mol. The molecule has 0 unspecified atom stereocenters. The zero-order valence-corrected chi connectivity index (χ0v) is 11.9. The van der Waals surface area contributed by atoms with Crippen LogP contribution in [0.5, 0.6) is 0 Å². The molecule has 0 aliphatic heterocycles. The molecule has 1 aromatic carbocycles. The standard InChI is InChI=1S/C13H13BrFNS/c1-9-7-17-8-11(9)6-16-5-10-4-12(14)2-3-13(10)15/h2-4,7-8,16H,5-6H2,1H3. The number of rotatable bonds is 4. The first-order valence-corrected chi connectivity index (χ1v) is 7.06. The van der Waals surface area contributed by atoms with Gasteiger partial charge in [0.05, 0.1) is 0 Å². The summed E-state index contributed by atoms with van der Waals surface area (Å²) in [6.07, 6.45) is 0. The molecule has 0 bridgehead atoms. The van der Waals surface area contributed by atoms with Crippen molar-refractivity contribution in [3.63, 3.8) is 0 Å². The topological polar surface area (TPSA) is 12.0 Å². The average Bonchev–Trinajstić information content (AvgIpc) is 2.70. The van der Waals surface area contributed by atoms with E-state index >= 15 is 0 Å². The third-order valence-corrected chi connectivity index (χ3v) is 4.00. The van der Waals surface area contributed by atoms with E-state index in [2.05, 4.69) is 38.9 Å². The molecular formula is C13H13BrFNS. The van der Waals surface area contributed by atoms with Crippen LogP contribution in [-0.2, 0) is 13.1 Å². The van der Waals surface area contributed by atoms with Gasteiger partial charge in [-0.15, -0.1) is 0 Å². The molecule has 1 nitrogen and oxygen atoms in total. The van der Waals surface area contributed by atoms with Crippen LogP contribution in [0.4, 0.5) is 4.39 Å². The zero-order valence-electron chi connectivity index (χ0n) is 9.47. The molecule has 0 aliphatic rings. The number of benzene rings is 1. The normalized spacial score (nSPS) is 10.8. The summed E-state index contributed by atoms with van der Waals surface area (Å²) >= 11 is 5.04. The minimum absolute atomic E-state index is 0.164. The van der Waals surface area contributed by atoms with Crippen molar-refractivity contribution in [1.29, 1.82) is 0 Å². The number of hydrogen-bond acceptors (Lipinski definition) is 2. The number of nitrogens with one attached hydrogen (secondary N) is 1. The Kier molecular flexibility index (Phi) is 4.31. The fourth-order valence-electron chi connectivity index (χ4n) is 1.58. The average molecular weight is 314 g/mol. The Hall–Kier alpha value is -0.710. The van der Waals surface area contributed by atoms with Gasteiger partial charge in [0.2, 0.25) is 0 Å². The molecule has 4 heteroatoms. The van der Waals surface area contributed by atoms with Crippen molar-refractivity contribution in [3.8, 4) is 0 Å². The van der Waals surface area contributed by atoms with Crippen LogP contribution in [0, 0.1) is 12.7 Å². The summed E-state index contributed by atoms with van der Waals surface area (Å²) < 4.78 is 14.4. The Morgan fingerprint density at radius 3 is 2.71 bits per heavy atom. The van der Waals surface area contributed by atoms with Crippen LogP contribution in [-0.4, -0.2) is 0 Å². The molecule has 0 saturated heterocycles. The number of hydrogen-bond donors (Lipinski definition) is 1. The fourth-order valence-corrected chi connectivity index (χ4v) is 2.84. The van der Waals surface area contributed by atoms with Crippen LogP contribution in [0.1, 0.15) is 16.7 Å². The molecule has 0 saturated carbocycles. The van der Waals surface area contributed by atoms with Gasteiger partial charge in [0.1, 0.15) is 5.82 Å². The fraction of sp³-hybridized carbons (Fsp3) is 0.231. The maximum Gasteiger partial charge on any atom is 0.127 e. The summed E-state index contributed by atoms with van der Waals surface area (Å²) in [5.41, 5.74) is 3.26. The first kappa shape index (κ1) is 12.7. The van der Waals surface area contributed by atoms with Crippen LogP contribution >= 0.6 is 27.3 Å². The van der Waals surface area contributed by atoms with Crippen LogP contribution < -0.4 is 5.32 Å². The van der Waals surface area contributed by atoms with Gasteiger partial charge < -0.3 is 5.32 Å². The van der Waals surface area contributed by atoms with E-state index in [9.17, 15) is 4.39 Å². The van der Waals surface area contributed by atoms with Gasteiger partial charge in [-0.05, 0) is 47.0 Å². The largest absolute Gasteiger partial charge is 0.308 e. The van der Waals surface area contributed by atoms with Crippen LogP contribution in [0.25, 0.3) is 0 Å². The van der Waals surface area contributed by atoms with Gasteiger partial charge in [-0.1, -0.05) is 15.9 Å². The van der Waals surface area contributed by atoms with Crippen molar-refractivity contribution in [2.75, 3.05) is 0 Å². The molecule has 1 heterocycles.